The van der Waals surface area contributed by atoms with E-state index in [0.29, 0.717) is 12.1 Å². The maximum atomic E-state index is 5.25. The van der Waals surface area contributed by atoms with Crippen LogP contribution in [0.2, 0.25) is 0 Å². The fraction of sp³-hybridized carbons (Fsp3) is 0.667. The summed E-state index contributed by atoms with van der Waals surface area (Å²) in [5.74, 6) is 2.69. The van der Waals surface area contributed by atoms with Crippen LogP contribution in [0, 0.1) is 12.3 Å². The van der Waals surface area contributed by atoms with Crippen molar-refractivity contribution in [2.75, 3.05) is 0 Å². The molecule has 1 heteroatoms. The number of terminal acetylenes is 1. The van der Waals surface area contributed by atoms with Crippen molar-refractivity contribution in [3.05, 3.63) is 11.6 Å². The Bertz CT molecular complexity index is 222. The molecule has 0 spiro atoms. The number of hydrogen-bond donors (Lipinski definition) is 1. The maximum absolute atomic E-state index is 5.25. The molecule has 0 radical (unpaired) electrons. The summed E-state index contributed by atoms with van der Waals surface area (Å²) >= 11 is 0. The van der Waals surface area contributed by atoms with Crippen LogP contribution in [0.15, 0.2) is 11.6 Å². The maximum Gasteiger partial charge on any atom is 0.0238 e. The largest absolute Gasteiger partial charge is 0.310 e. The fourth-order valence-corrected chi connectivity index (χ4v) is 1.75. The van der Waals surface area contributed by atoms with E-state index in [1.54, 1.807) is 0 Å². The Kier molecular flexibility index (Phi) is 4.05. The Morgan fingerprint density at radius 2 is 2.54 bits per heavy atom. The highest BCUT2D eigenvalue weighted by Crippen LogP contribution is 2.17. The molecule has 0 aromatic carbocycles. The number of hydrogen-bond acceptors (Lipinski definition) is 1. The molecule has 0 aromatic rings. The lowest BCUT2D eigenvalue weighted by molar-refractivity contribution is 0.417. The third-order valence-electron chi connectivity index (χ3n) is 2.58. The Labute approximate surface area is 81.6 Å². The highest BCUT2D eigenvalue weighted by Gasteiger charge is 2.13. The van der Waals surface area contributed by atoms with Gasteiger partial charge in [-0.3, -0.25) is 0 Å². The molecular formula is C12H19N. The van der Waals surface area contributed by atoms with Crippen molar-refractivity contribution in [2.24, 2.45) is 0 Å². The third-order valence-corrected chi connectivity index (χ3v) is 2.58. The van der Waals surface area contributed by atoms with Gasteiger partial charge in [-0.2, -0.15) is 0 Å². The van der Waals surface area contributed by atoms with Gasteiger partial charge in [-0.1, -0.05) is 11.6 Å². The van der Waals surface area contributed by atoms with Crippen LogP contribution in [0.5, 0.6) is 0 Å². The minimum absolute atomic E-state index is 0.460. The molecule has 0 saturated heterocycles. The molecule has 0 heterocycles. The monoisotopic (exact) mass is 177 g/mol. The molecule has 1 rings (SSSR count). The lowest BCUT2D eigenvalue weighted by Crippen LogP contribution is -2.37. The summed E-state index contributed by atoms with van der Waals surface area (Å²) in [7, 11) is 0. The first-order chi connectivity index (χ1) is 6.22. The first kappa shape index (κ1) is 10.3. The zero-order valence-electron chi connectivity index (χ0n) is 8.64. The quantitative estimate of drug-likeness (QED) is 0.516. The Morgan fingerprint density at radius 3 is 3.08 bits per heavy atom. The highest BCUT2D eigenvalue weighted by molar-refractivity contribution is 5.05. The van der Waals surface area contributed by atoms with Crippen LogP contribution < -0.4 is 5.32 Å². The van der Waals surface area contributed by atoms with E-state index in [9.17, 15) is 0 Å². The second-order valence-corrected chi connectivity index (χ2v) is 4.00. The molecular weight excluding hydrogens is 158 g/mol. The van der Waals surface area contributed by atoms with Gasteiger partial charge in [0.05, 0.1) is 0 Å². The number of nitrogens with one attached hydrogen (secondary N) is 1. The fourth-order valence-electron chi connectivity index (χ4n) is 1.75. The van der Waals surface area contributed by atoms with Crippen LogP contribution in [-0.4, -0.2) is 12.1 Å². The van der Waals surface area contributed by atoms with Crippen LogP contribution in [0.1, 0.15) is 39.5 Å². The average molecular weight is 177 g/mol. The number of rotatable bonds is 3. The van der Waals surface area contributed by atoms with Crippen LogP contribution in [-0.2, 0) is 0 Å². The molecule has 0 aromatic heterocycles. The summed E-state index contributed by atoms with van der Waals surface area (Å²) in [4.78, 5) is 0. The van der Waals surface area contributed by atoms with E-state index in [1.165, 1.54) is 24.8 Å². The number of allylic oxidation sites excluding steroid dienone is 1. The SMILES string of the molecule is C#CCC(C)NC1CC=C(C)CC1. The van der Waals surface area contributed by atoms with Crippen molar-refractivity contribution in [3.8, 4) is 12.3 Å². The predicted octanol–water partition coefficient (Wildman–Crippen LogP) is 2.49. The van der Waals surface area contributed by atoms with Gasteiger partial charge in [0.2, 0.25) is 0 Å². The second kappa shape index (κ2) is 5.09. The zero-order valence-corrected chi connectivity index (χ0v) is 8.64. The Balaban J connectivity index is 2.28. The van der Waals surface area contributed by atoms with E-state index >= 15 is 0 Å². The molecule has 1 nitrogen and oxygen atoms in total. The van der Waals surface area contributed by atoms with Crippen molar-refractivity contribution in [2.45, 2.75) is 51.6 Å². The predicted molar refractivity (Wildman–Crippen MR) is 57.4 cm³/mol. The normalized spacial score (nSPS) is 24.7. The van der Waals surface area contributed by atoms with Gasteiger partial charge in [0.15, 0.2) is 0 Å². The Hall–Kier alpha value is -0.740. The molecule has 0 saturated carbocycles. The minimum atomic E-state index is 0.460. The van der Waals surface area contributed by atoms with Crippen LogP contribution in [0.4, 0.5) is 0 Å². The molecule has 0 aliphatic heterocycles. The van der Waals surface area contributed by atoms with Gasteiger partial charge in [-0.15, -0.1) is 12.3 Å². The standard InChI is InChI=1S/C12H19N/c1-4-5-11(3)13-12-8-6-10(2)7-9-12/h1,6,11-13H,5,7-9H2,2-3H3. The van der Waals surface area contributed by atoms with E-state index in [2.05, 4.69) is 31.2 Å². The molecule has 72 valence electrons. The van der Waals surface area contributed by atoms with Crippen molar-refractivity contribution in [3.63, 3.8) is 0 Å². The molecule has 2 atom stereocenters. The molecule has 0 amide bonds. The van der Waals surface area contributed by atoms with E-state index in [4.69, 9.17) is 6.42 Å². The minimum Gasteiger partial charge on any atom is -0.310 e. The van der Waals surface area contributed by atoms with E-state index in [1.807, 2.05) is 0 Å². The summed E-state index contributed by atoms with van der Waals surface area (Å²) in [6.07, 6.45) is 12.1. The van der Waals surface area contributed by atoms with Gasteiger partial charge in [0.25, 0.3) is 0 Å². The molecule has 1 aliphatic rings. The first-order valence-electron chi connectivity index (χ1n) is 5.07. The van der Waals surface area contributed by atoms with E-state index in [0.717, 1.165) is 6.42 Å². The topological polar surface area (TPSA) is 12.0 Å². The van der Waals surface area contributed by atoms with Crippen molar-refractivity contribution < 1.29 is 0 Å². The van der Waals surface area contributed by atoms with Crippen LogP contribution in [0.3, 0.4) is 0 Å². The molecule has 1 N–H and O–H groups in total. The van der Waals surface area contributed by atoms with Gasteiger partial charge in [-0.05, 0) is 33.1 Å². The van der Waals surface area contributed by atoms with Crippen molar-refractivity contribution in [1.29, 1.82) is 0 Å². The summed E-state index contributed by atoms with van der Waals surface area (Å²) in [6.45, 7) is 4.37. The van der Waals surface area contributed by atoms with Gasteiger partial charge in [0.1, 0.15) is 0 Å². The van der Waals surface area contributed by atoms with Gasteiger partial charge >= 0.3 is 0 Å². The summed E-state index contributed by atoms with van der Waals surface area (Å²) in [5.41, 5.74) is 1.53. The smallest absolute Gasteiger partial charge is 0.0238 e. The first-order valence-corrected chi connectivity index (χ1v) is 5.07. The van der Waals surface area contributed by atoms with Gasteiger partial charge in [0, 0.05) is 18.5 Å². The molecule has 2 unspecified atom stereocenters. The van der Waals surface area contributed by atoms with E-state index < -0.39 is 0 Å². The molecule has 13 heavy (non-hydrogen) atoms. The summed E-state index contributed by atoms with van der Waals surface area (Å²) < 4.78 is 0. The summed E-state index contributed by atoms with van der Waals surface area (Å²) in [5, 5.41) is 3.55. The lowest BCUT2D eigenvalue weighted by Gasteiger charge is -2.24. The van der Waals surface area contributed by atoms with Crippen LogP contribution in [0.25, 0.3) is 0 Å². The average Bonchev–Trinajstić information content (AvgIpc) is 2.09. The highest BCUT2D eigenvalue weighted by atomic mass is 14.9. The molecule has 0 bridgehead atoms. The van der Waals surface area contributed by atoms with Gasteiger partial charge in [-0.25, -0.2) is 0 Å². The Morgan fingerprint density at radius 1 is 1.77 bits per heavy atom. The molecule has 0 fully saturated rings. The molecule has 1 aliphatic carbocycles. The summed E-state index contributed by atoms with van der Waals surface area (Å²) in [6, 6.07) is 1.11. The van der Waals surface area contributed by atoms with Gasteiger partial charge < -0.3 is 5.32 Å². The lowest BCUT2D eigenvalue weighted by atomic mass is 9.95. The second-order valence-electron chi connectivity index (χ2n) is 4.00. The van der Waals surface area contributed by atoms with E-state index in [-0.39, 0.29) is 0 Å². The zero-order chi connectivity index (χ0) is 9.68. The van der Waals surface area contributed by atoms with Crippen molar-refractivity contribution in [1.82, 2.24) is 5.32 Å². The van der Waals surface area contributed by atoms with Crippen molar-refractivity contribution >= 4 is 0 Å². The third kappa shape index (κ3) is 3.65. The van der Waals surface area contributed by atoms with Crippen LogP contribution >= 0.6 is 0 Å².